The third-order valence-corrected chi connectivity index (χ3v) is 4.39. The number of hydrogen-bond acceptors (Lipinski definition) is 5. The Morgan fingerprint density at radius 1 is 0.962 bits per heavy atom. The number of nitrogens with zero attached hydrogens (tertiary/aromatic N) is 3. The van der Waals surface area contributed by atoms with E-state index in [0.717, 1.165) is 22.3 Å². The van der Waals surface area contributed by atoms with Crippen LogP contribution in [0.5, 0.6) is 0 Å². The first-order valence-corrected chi connectivity index (χ1v) is 8.64. The van der Waals surface area contributed by atoms with Crippen LogP contribution in [0.4, 0.5) is 5.82 Å². The molecule has 0 fully saturated rings. The lowest BCUT2D eigenvalue weighted by atomic mass is 10.1. The molecule has 0 bridgehead atoms. The zero-order valence-electron chi connectivity index (χ0n) is 15.0. The maximum atomic E-state index is 5.18. The van der Waals surface area contributed by atoms with E-state index in [9.17, 15) is 0 Å². The molecule has 0 aliphatic carbocycles. The predicted octanol–water partition coefficient (Wildman–Crippen LogP) is 5.07. The van der Waals surface area contributed by atoms with E-state index in [1.54, 1.807) is 6.92 Å². The molecular formula is C21H20N4O. The molecule has 0 aliphatic rings. The second-order valence-corrected chi connectivity index (χ2v) is 6.49. The number of rotatable bonds is 4. The Labute approximate surface area is 152 Å². The SMILES string of the molecule is Cc1ccc2cc(-c3noc(C)n3)c(N[C@@H](C)c3ccccc3)nc2c1. The molecule has 1 N–H and O–H groups in total. The summed E-state index contributed by atoms with van der Waals surface area (Å²) in [7, 11) is 0. The molecule has 0 aliphatic heterocycles. The van der Waals surface area contributed by atoms with Crippen LogP contribution in [0.3, 0.4) is 0 Å². The van der Waals surface area contributed by atoms with Crippen LogP contribution in [-0.2, 0) is 0 Å². The van der Waals surface area contributed by atoms with Crippen LogP contribution in [0.1, 0.15) is 30.0 Å². The van der Waals surface area contributed by atoms with Crippen LogP contribution >= 0.6 is 0 Å². The van der Waals surface area contributed by atoms with Crippen LogP contribution < -0.4 is 5.32 Å². The van der Waals surface area contributed by atoms with Gasteiger partial charge in [0.25, 0.3) is 0 Å². The summed E-state index contributed by atoms with van der Waals surface area (Å²) in [6, 6.07) is 18.7. The Bertz CT molecular complexity index is 1060. The number of aryl methyl sites for hydroxylation is 2. The van der Waals surface area contributed by atoms with E-state index in [1.165, 1.54) is 11.1 Å². The molecule has 1 atom stereocenters. The van der Waals surface area contributed by atoms with Crippen molar-refractivity contribution >= 4 is 16.7 Å². The fourth-order valence-corrected chi connectivity index (χ4v) is 3.00. The maximum Gasteiger partial charge on any atom is 0.223 e. The Morgan fingerprint density at radius 2 is 1.77 bits per heavy atom. The van der Waals surface area contributed by atoms with Gasteiger partial charge in [-0.2, -0.15) is 4.98 Å². The number of anilines is 1. The fourth-order valence-electron chi connectivity index (χ4n) is 3.00. The van der Waals surface area contributed by atoms with E-state index in [4.69, 9.17) is 9.51 Å². The number of hydrogen-bond donors (Lipinski definition) is 1. The number of benzene rings is 2. The van der Waals surface area contributed by atoms with E-state index in [1.807, 2.05) is 18.2 Å². The summed E-state index contributed by atoms with van der Waals surface area (Å²) in [4.78, 5) is 9.24. The minimum absolute atomic E-state index is 0.0951. The summed E-state index contributed by atoms with van der Waals surface area (Å²) >= 11 is 0. The lowest BCUT2D eigenvalue weighted by Gasteiger charge is -2.17. The van der Waals surface area contributed by atoms with Gasteiger partial charge in [-0.15, -0.1) is 0 Å². The molecule has 0 unspecified atom stereocenters. The van der Waals surface area contributed by atoms with Gasteiger partial charge in [0, 0.05) is 18.4 Å². The molecule has 0 saturated heterocycles. The first-order chi connectivity index (χ1) is 12.6. The molecule has 2 aromatic carbocycles. The Hall–Kier alpha value is -3.21. The summed E-state index contributed by atoms with van der Waals surface area (Å²) in [5.74, 6) is 1.83. The van der Waals surface area contributed by atoms with Crippen molar-refractivity contribution in [1.29, 1.82) is 0 Å². The van der Waals surface area contributed by atoms with Gasteiger partial charge in [0.15, 0.2) is 0 Å². The number of fused-ring (bicyclic) bond motifs is 1. The smallest absolute Gasteiger partial charge is 0.223 e. The van der Waals surface area contributed by atoms with Gasteiger partial charge in [0.2, 0.25) is 11.7 Å². The Morgan fingerprint density at radius 3 is 2.50 bits per heavy atom. The first kappa shape index (κ1) is 16.3. The first-order valence-electron chi connectivity index (χ1n) is 8.64. The van der Waals surface area contributed by atoms with Crippen molar-refractivity contribution < 1.29 is 4.52 Å². The van der Waals surface area contributed by atoms with Crippen molar-refractivity contribution in [2.45, 2.75) is 26.8 Å². The van der Waals surface area contributed by atoms with Crippen molar-refractivity contribution in [1.82, 2.24) is 15.1 Å². The van der Waals surface area contributed by atoms with E-state index >= 15 is 0 Å². The molecule has 0 amide bonds. The zero-order valence-corrected chi connectivity index (χ0v) is 15.0. The van der Waals surface area contributed by atoms with E-state index in [-0.39, 0.29) is 6.04 Å². The standard InChI is InChI=1S/C21H20N4O/c1-13-9-10-17-12-18(21-23-15(3)26-25-21)20(24-19(17)11-13)22-14(2)16-7-5-4-6-8-16/h4-12,14H,1-3H3,(H,22,24)/t14-/m0/s1. The number of nitrogens with one attached hydrogen (secondary N) is 1. The third-order valence-electron chi connectivity index (χ3n) is 4.39. The minimum Gasteiger partial charge on any atom is -0.363 e. The quantitative estimate of drug-likeness (QED) is 0.559. The third kappa shape index (κ3) is 3.16. The fraction of sp³-hybridized carbons (Fsp3) is 0.190. The lowest BCUT2D eigenvalue weighted by Crippen LogP contribution is -2.09. The second kappa shape index (κ2) is 6.59. The van der Waals surface area contributed by atoms with Crippen LogP contribution in [0.25, 0.3) is 22.3 Å². The normalized spacial score (nSPS) is 12.3. The lowest BCUT2D eigenvalue weighted by molar-refractivity contribution is 0.394. The number of aromatic nitrogens is 3. The molecule has 2 heterocycles. The maximum absolute atomic E-state index is 5.18. The van der Waals surface area contributed by atoms with Crippen LogP contribution in [0, 0.1) is 13.8 Å². The van der Waals surface area contributed by atoms with Crippen LogP contribution in [-0.4, -0.2) is 15.1 Å². The molecule has 0 spiro atoms. The van der Waals surface area contributed by atoms with Crippen molar-refractivity contribution in [3.8, 4) is 11.4 Å². The predicted molar refractivity (Wildman–Crippen MR) is 103 cm³/mol. The Kier molecular flexibility index (Phi) is 4.13. The van der Waals surface area contributed by atoms with Gasteiger partial charge < -0.3 is 9.84 Å². The number of pyridine rings is 1. The van der Waals surface area contributed by atoms with Crippen molar-refractivity contribution in [2.24, 2.45) is 0 Å². The molecule has 2 aromatic heterocycles. The molecule has 5 nitrogen and oxygen atoms in total. The minimum atomic E-state index is 0.0951. The Balaban J connectivity index is 1.82. The highest BCUT2D eigenvalue weighted by Crippen LogP contribution is 2.31. The van der Waals surface area contributed by atoms with Gasteiger partial charge in [0.05, 0.1) is 11.1 Å². The van der Waals surface area contributed by atoms with Gasteiger partial charge in [-0.25, -0.2) is 4.98 Å². The van der Waals surface area contributed by atoms with Gasteiger partial charge in [-0.3, -0.25) is 0 Å². The molecule has 26 heavy (non-hydrogen) atoms. The monoisotopic (exact) mass is 344 g/mol. The highest BCUT2D eigenvalue weighted by Gasteiger charge is 2.16. The van der Waals surface area contributed by atoms with Gasteiger partial charge in [-0.1, -0.05) is 47.6 Å². The second-order valence-electron chi connectivity index (χ2n) is 6.49. The van der Waals surface area contributed by atoms with Crippen molar-refractivity contribution in [3.05, 3.63) is 71.6 Å². The molecule has 5 heteroatoms. The largest absolute Gasteiger partial charge is 0.363 e. The average Bonchev–Trinajstić information content (AvgIpc) is 3.08. The van der Waals surface area contributed by atoms with Crippen LogP contribution in [0.2, 0.25) is 0 Å². The molecule has 130 valence electrons. The summed E-state index contributed by atoms with van der Waals surface area (Å²) < 4.78 is 5.18. The van der Waals surface area contributed by atoms with Crippen LogP contribution in [0.15, 0.2) is 59.1 Å². The summed E-state index contributed by atoms with van der Waals surface area (Å²) in [5.41, 5.74) is 4.14. The van der Waals surface area contributed by atoms with Gasteiger partial charge in [-0.05, 0) is 37.1 Å². The highest BCUT2D eigenvalue weighted by atomic mass is 16.5. The van der Waals surface area contributed by atoms with Gasteiger partial charge >= 0.3 is 0 Å². The summed E-state index contributed by atoms with van der Waals surface area (Å²) in [5, 5.41) is 8.65. The summed E-state index contributed by atoms with van der Waals surface area (Å²) in [6.07, 6.45) is 0. The van der Waals surface area contributed by atoms with Crippen molar-refractivity contribution in [3.63, 3.8) is 0 Å². The zero-order chi connectivity index (χ0) is 18.1. The van der Waals surface area contributed by atoms with E-state index < -0.39 is 0 Å². The summed E-state index contributed by atoms with van der Waals surface area (Å²) in [6.45, 7) is 5.97. The average molecular weight is 344 g/mol. The molecule has 4 rings (SSSR count). The molecule has 0 radical (unpaired) electrons. The topological polar surface area (TPSA) is 63.8 Å². The highest BCUT2D eigenvalue weighted by molar-refractivity contribution is 5.88. The molecule has 0 saturated carbocycles. The molecule has 4 aromatic rings. The van der Waals surface area contributed by atoms with E-state index in [2.05, 4.69) is 65.7 Å². The molecular weight excluding hydrogens is 324 g/mol. The van der Waals surface area contributed by atoms with E-state index in [0.29, 0.717) is 11.7 Å². The van der Waals surface area contributed by atoms with Crippen molar-refractivity contribution in [2.75, 3.05) is 5.32 Å². The van der Waals surface area contributed by atoms with Gasteiger partial charge in [0.1, 0.15) is 5.82 Å².